The van der Waals surface area contributed by atoms with E-state index in [1.165, 1.54) is 10.9 Å². The molecule has 0 aliphatic heterocycles. The lowest BCUT2D eigenvalue weighted by molar-refractivity contribution is 0.164. The Bertz CT molecular complexity index is 566. The van der Waals surface area contributed by atoms with Gasteiger partial charge in [0.2, 0.25) is 5.88 Å². The topological polar surface area (TPSA) is 34.1 Å². The lowest BCUT2D eigenvalue weighted by atomic mass is 10.1. The summed E-state index contributed by atoms with van der Waals surface area (Å²) in [6, 6.07) is 10.3. The summed E-state index contributed by atoms with van der Waals surface area (Å²) < 4.78 is 5.97. The maximum Gasteiger partial charge on any atom is 0.214 e. The van der Waals surface area contributed by atoms with Crippen molar-refractivity contribution in [3.63, 3.8) is 0 Å². The van der Waals surface area contributed by atoms with Crippen molar-refractivity contribution in [3.8, 4) is 5.88 Å². The summed E-state index contributed by atoms with van der Waals surface area (Å²) in [7, 11) is 0. The van der Waals surface area contributed by atoms with Gasteiger partial charge < -0.3 is 10.1 Å². The van der Waals surface area contributed by atoms with Crippen LogP contribution in [0.25, 0.3) is 10.9 Å². The molecule has 3 heteroatoms. The maximum atomic E-state index is 5.97. The number of para-hydroxylation sites is 1. The van der Waals surface area contributed by atoms with Gasteiger partial charge >= 0.3 is 0 Å². The predicted octanol–water partition coefficient (Wildman–Crippen LogP) is 3.77. The molecule has 2 aromatic rings. The smallest absolute Gasteiger partial charge is 0.214 e. The number of nitrogens with zero attached hydrogens (tertiary/aromatic N) is 1. The predicted molar refractivity (Wildman–Crippen MR) is 84.1 cm³/mol. The zero-order valence-electron chi connectivity index (χ0n) is 12.8. The molecule has 1 atom stereocenters. The van der Waals surface area contributed by atoms with Crippen molar-refractivity contribution in [2.75, 3.05) is 6.54 Å². The van der Waals surface area contributed by atoms with Gasteiger partial charge in [-0.1, -0.05) is 39.0 Å². The average Bonchev–Trinajstić information content (AvgIpc) is 2.44. The second-order valence-electron chi connectivity index (χ2n) is 5.48. The van der Waals surface area contributed by atoms with Gasteiger partial charge in [0, 0.05) is 18.0 Å². The zero-order chi connectivity index (χ0) is 14.5. The molecular weight excluding hydrogens is 248 g/mol. The molecule has 0 saturated carbocycles. The van der Waals surface area contributed by atoms with Crippen LogP contribution in [0, 0.1) is 5.92 Å². The number of hydrogen-bond donors (Lipinski definition) is 1. The highest BCUT2D eigenvalue weighted by atomic mass is 16.5. The molecule has 0 spiro atoms. The van der Waals surface area contributed by atoms with Crippen LogP contribution in [0.2, 0.25) is 0 Å². The SMILES string of the molecule is CCNCc1cc(OC(C)C(C)C)nc2ccccc12. The molecule has 0 amide bonds. The van der Waals surface area contributed by atoms with E-state index in [0.29, 0.717) is 5.92 Å². The molecule has 1 aromatic carbocycles. The number of benzene rings is 1. The molecule has 20 heavy (non-hydrogen) atoms. The molecule has 0 radical (unpaired) electrons. The Morgan fingerprint density at radius 3 is 2.65 bits per heavy atom. The second-order valence-corrected chi connectivity index (χ2v) is 5.48. The Hall–Kier alpha value is -1.61. The molecule has 0 bridgehead atoms. The first-order chi connectivity index (χ1) is 9.61. The highest BCUT2D eigenvalue weighted by molar-refractivity contribution is 5.82. The first-order valence-corrected chi connectivity index (χ1v) is 7.37. The molecule has 1 N–H and O–H groups in total. The summed E-state index contributed by atoms with van der Waals surface area (Å²) in [6.07, 6.45) is 0.163. The van der Waals surface area contributed by atoms with E-state index in [1.54, 1.807) is 0 Å². The van der Waals surface area contributed by atoms with Gasteiger partial charge in [0.15, 0.2) is 0 Å². The largest absolute Gasteiger partial charge is 0.474 e. The van der Waals surface area contributed by atoms with Crippen LogP contribution in [-0.4, -0.2) is 17.6 Å². The summed E-state index contributed by atoms with van der Waals surface area (Å²) >= 11 is 0. The molecule has 0 aliphatic rings. The molecule has 0 saturated heterocycles. The molecule has 3 nitrogen and oxygen atoms in total. The first kappa shape index (κ1) is 14.8. The van der Waals surface area contributed by atoms with E-state index in [-0.39, 0.29) is 6.10 Å². The quantitative estimate of drug-likeness (QED) is 0.869. The first-order valence-electron chi connectivity index (χ1n) is 7.37. The van der Waals surface area contributed by atoms with Crippen LogP contribution in [0.1, 0.15) is 33.3 Å². The number of rotatable bonds is 6. The molecule has 1 heterocycles. The van der Waals surface area contributed by atoms with E-state index in [4.69, 9.17) is 4.74 Å². The minimum atomic E-state index is 0.163. The van der Waals surface area contributed by atoms with Gasteiger partial charge in [-0.25, -0.2) is 4.98 Å². The normalized spacial score (nSPS) is 12.8. The van der Waals surface area contributed by atoms with Crippen LogP contribution in [0.5, 0.6) is 5.88 Å². The number of fused-ring (bicyclic) bond motifs is 1. The number of nitrogens with one attached hydrogen (secondary N) is 1. The molecule has 108 valence electrons. The summed E-state index contributed by atoms with van der Waals surface area (Å²) in [6.45, 7) is 10.3. The summed E-state index contributed by atoms with van der Waals surface area (Å²) in [5.41, 5.74) is 2.23. The number of ether oxygens (including phenoxy) is 1. The third kappa shape index (κ3) is 3.48. The van der Waals surface area contributed by atoms with Crippen molar-refractivity contribution in [2.24, 2.45) is 5.92 Å². The monoisotopic (exact) mass is 272 g/mol. The van der Waals surface area contributed by atoms with Gasteiger partial charge in [0.1, 0.15) is 0 Å². The maximum absolute atomic E-state index is 5.97. The van der Waals surface area contributed by atoms with Gasteiger partial charge in [-0.3, -0.25) is 0 Å². The van der Waals surface area contributed by atoms with Crippen LogP contribution in [0.3, 0.4) is 0 Å². The molecule has 0 fully saturated rings. The number of aromatic nitrogens is 1. The Kier molecular flexibility index (Phi) is 4.96. The second kappa shape index (κ2) is 6.71. The summed E-state index contributed by atoms with van der Waals surface area (Å²) in [5, 5.41) is 4.57. The molecule has 1 aromatic heterocycles. The Balaban J connectivity index is 2.36. The van der Waals surface area contributed by atoms with Crippen molar-refractivity contribution in [1.82, 2.24) is 10.3 Å². The number of pyridine rings is 1. The minimum absolute atomic E-state index is 0.163. The standard InChI is InChI=1S/C17H24N2O/c1-5-18-11-14-10-17(20-13(4)12(2)3)19-16-9-7-6-8-15(14)16/h6-10,12-13,18H,5,11H2,1-4H3. The third-order valence-corrected chi connectivity index (χ3v) is 3.59. The van der Waals surface area contributed by atoms with Crippen LogP contribution in [0.4, 0.5) is 0 Å². The van der Waals surface area contributed by atoms with Gasteiger partial charge in [0.25, 0.3) is 0 Å². The van der Waals surface area contributed by atoms with Gasteiger partial charge in [0.05, 0.1) is 11.6 Å². The summed E-state index contributed by atoms with van der Waals surface area (Å²) in [4.78, 5) is 4.62. The van der Waals surface area contributed by atoms with Crippen LogP contribution < -0.4 is 10.1 Å². The summed E-state index contributed by atoms with van der Waals surface area (Å²) in [5.74, 6) is 1.19. The Morgan fingerprint density at radius 1 is 1.20 bits per heavy atom. The van der Waals surface area contributed by atoms with Crippen molar-refractivity contribution < 1.29 is 4.74 Å². The third-order valence-electron chi connectivity index (χ3n) is 3.59. The van der Waals surface area contributed by atoms with Crippen molar-refractivity contribution in [2.45, 2.75) is 40.3 Å². The van der Waals surface area contributed by atoms with Crippen LogP contribution in [0.15, 0.2) is 30.3 Å². The van der Waals surface area contributed by atoms with Gasteiger partial charge in [-0.15, -0.1) is 0 Å². The Morgan fingerprint density at radius 2 is 1.95 bits per heavy atom. The van der Waals surface area contributed by atoms with Crippen LogP contribution in [-0.2, 0) is 6.54 Å². The fraction of sp³-hybridized carbons (Fsp3) is 0.471. The lowest BCUT2D eigenvalue weighted by Crippen LogP contribution is -2.19. The van der Waals surface area contributed by atoms with E-state index < -0.39 is 0 Å². The number of hydrogen-bond acceptors (Lipinski definition) is 3. The van der Waals surface area contributed by atoms with Crippen molar-refractivity contribution in [3.05, 3.63) is 35.9 Å². The molecule has 0 aliphatic carbocycles. The zero-order valence-corrected chi connectivity index (χ0v) is 12.8. The van der Waals surface area contributed by atoms with Gasteiger partial charge in [-0.05, 0) is 31.0 Å². The van der Waals surface area contributed by atoms with E-state index in [1.807, 2.05) is 12.1 Å². The fourth-order valence-corrected chi connectivity index (χ4v) is 2.01. The van der Waals surface area contributed by atoms with E-state index in [9.17, 15) is 0 Å². The average molecular weight is 272 g/mol. The molecular formula is C17H24N2O. The van der Waals surface area contributed by atoms with E-state index in [2.05, 4.69) is 56.2 Å². The lowest BCUT2D eigenvalue weighted by Gasteiger charge is -2.18. The van der Waals surface area contributed by atoms with Crippen LogP contribution >= 0.6 is 0 Å². The molecule has 2 rings (SSSR count). The Labute approximate surface area is 121 Å². The van der Waals surface area contributed by atoms with E-state index >= 15 is 0 Å². The highest BCUT2D eigenvalue weighted by Crippen LogP contribution is 2.23. The molecule has 1 unspecified atom stereocenters. The highest BCUT2D eigenvalue weighted by Gasteiger charge is 2.12. The van der Waals surface area contributed by atoms with Crippen molar-refractivity contribution in [1.29, 1.82) is 0 Å². The fourth-order valence-electron chi connectivity index (χ4n) is 2.01. The minimum Gasteiger partial charge on any atom is -0.474 e. The van der Waals surface area contributed by atoms with Crippen molar-refractivity contribution >= 4 is 10.9 Å². The van der Waals surface area contributed by atoms with E-state index in [0.717, 1.165) is 24.5 Å². The van der Waals surface area contributed by atoms with Gasteiger partial charge in [-0.2, -0.15) is 0 Å².